The molecule has 1 aliphatic heterocycles. The third kappa shape index (κ3) is 3.03. The fourth-order valence-electron chi connectivity index (χ4n) is 3.62. The topological polar surface area (TPSA) is 53.7 Å². The summed E-state index contributed by atoms with van der Waals surface area (Å²) < 4.78 is 1.88. The van der Waals surface area contributed by atoms with Gasteiger partial charge in [0.05, 0.1) is 18.1 Å². The summed E-state index contributed by atoms with van der Waals surface area (Å²) >= 11 is 0. The van der Waals surface area contributed by atoms with Crippen molar-refractivity contribution < 1.29 is 4.79 Å². The van der Waals surface area contributed by atoms with E-state index >= 15 is 0 Å². The van der Waals surface area contributed by atoms with Gasteiger partial charge in [0.1, 0.15) is 5.52 Å². The van der Waals surface area contributed by atoms with Gasteiger partial charge in [0.25, 0.3) is 5.91 Å². The smallest absolute Gasteiger partial charge is 0.253 e. The Balaban J connectivity index is 1.62. The molecular formula is C20H23N5O. The third-order valence-corrected chi connectivity index (χ3v) is 4.96. The van der Waals surface area contributed by atoms with Crippen molar-refractivity contribution in [3.8, 4) is 0 Å². The number of amides is 1. The lowest BCUT2D eigenvalue weighted by Crippen LogP contribution is -2.39. The Morgan fingerprint density at radius 1 is 1.19 bits per heavy atom. The molecule has 3 heterocycles. The first-order valence-corrected chi connectivity index (χ1v) is 8.99. The van der Waals surface area contributed by atoms with Crippen LogP contribution in [-0.2, 0) is 0 Å². The first kappa shape index (κ1) is 16.6. The van der Waals surface area contributed by atoms with Crippen molar-refractivity contribution in [1.82, 2.24) is 19.5 Å². The van der Waals surface area contributed by atoms with Gasteiger partial charge in [-0.2, -0.15) is 5.10 Å². The number of nitrogens with zero attached hydrogens (tertiary/aromatic N) is 5. The number of fused-ring (bicyclic) bond motifs is 1. The van der Waals surface area contributed by atoms with Crippen molar-refractivity contribution >= 4 is 17.2 Å². The van der Waals surface area contributed by atoms with Gasteiger partial charge in [0.15, 0.2) is 5.82 Å². The van der Waals surface area contributed by atoms with Crippen LogP contribution >= 0.6 is 0 Å². The van der Waals surface area contributed by atoms with Crippen LogP contribution in [0, 0.1) is 0 Å². The summed E-state index contributed by atoms with van der Waals surface area (Å²) in [7, 11) is 3.98. The fourth-order valence-corrected chi connectivity index (χ4v) is 3.62. The number of rotatable bonds is 3. The first-order valence-electron chi connectivity index (χ1n) is 8.99. The highest BCUT2D eigenvalue weighted by Crippen LogP contribution is 2.29. The lowest BCUT2D eigenvalue weighted by molar-refractivity contribution is 0.0706. The molecule has 0 unspecified atom stereocenters. The molecule has 1 saturated heterocycles. The second-order valence-electron chi connectivity index (χ2n) is 7.00. The first-order chi connectivity index (χ1) is 12.6. The maximum atomic E-state index is 12.8. The SMILES string of the molecule is CN(C)c1nc([C@@H]2CCCN(C(=O)c3ccccc3)C2)cn2nccc12. The third-order valence-electron chi connectivity index (χ3n) is 4.96. The number of likely N-dealkylation sites (tertiary alicyclic amines) is 1. The Bertz CT molecular complexity index is 918. The Kier molecular flexibility index (Phi) is 4.32. The van der Waals surface area contributed by atoms with Crippen molar-refractivity contribution in [2.45, 2.75) is 18.8 Å². The van der Waals surface area contributed by atoms with Crippen LogP contribution in [0.2, 0.25) is 0 Å². The second-order valence-corrected chi connectivity index (χ2v) is 7.00. The zero-order valence-corrected chi connectivity index (χ0v) is 15.2. The summed E-state index contributed by atoms with van der Waals surface area (Å²) in [6.45, 7) is 1.50. The summed E-state index contributed by atoms with van der Waals surface area (Å²) in [6, 6.07) is 11.5. The molecule has 1 aromatic carbocycles. The molecule has 1 fully saturated rings. The van der Waals surface area contributed by atoms with Gasteiger partial charge < -0.3 is 9.80 Å². The molecule has 0 spiro atoms. The van der Waals surface area contributed by atoms with Gasteiger partial charge in [-0.05, 0) is 31.0 Å². The van der Waals surface area contributed by atoms with Gasteiger partial charge in [-0.15, -0.1) is 0 Å². The number of hydrogen-bond acceptors (Lipinski definition) is 4. The van der Waals surface area contributed by atoms with Gasteiger partial charge in [-0.25, -0.2) is 9.50 Å². The minimum atomic E-state index is 0.100. The van der Waals surface area contributed by atoms with Crippen LogP contribution in [-0.4, -0.2) is 52.6 Å². The normalized spacial score (nSPS) is 17.5. The van der Waals surface area contributed by atoms with Crippen molar-refractivity contribution in [2.24, 2.45) is 0 Å². The molecule has 1 aliphatic rings. The van der Waals surface area contributed by atoms with Crippen molar-refractivity contribution in [2.75, 3.05) is 32.1 Å². The van der Waals surface area contributed by atoms with Crippen LogP contribution in [0.25, 0.3) is 5.52 Å². The van der Waals surface area contributed by atoms with E-state index in [0.717, 1.165) is 42.0 Å². The van der Waals surface area contributed by atoms with E-state index in [-0.39, 0.29) is 11.8 Å². The molecule has 0 aliphatic carbocycles. The molecule has 3 aromatic rings. The molecule has 26 heavy (non-hydrogen) atoms. The van der Waals surface area contributed by atoms with Gasteiger partial charge in [0, 0.05) is 38.7 Å². The number of carbonyl (C=O) groups is 1. The van der Waals surface area contributed by atoms with Crippen LogP contribution in [0.5, 0.6) is 0 Å². The van der Waals surface area contributed by atoms with Crippen LogP contribution < -0.4 is 4.90 Å². The molecule has 134 valence electrons. The second kappa shape index (κ2) is 6.78. The average Bonchev–Trinajstić information content (AvgIpc) is 3.16. The van der Waals surface area contributed by atoms with Crippen LogP contribution in [0.3, 0.4) is 0 Å². The van der Waals surface area contributed by atoms with Crippen molar-refractivity contribution in [3.63, 3.8) is 0 Å². The summed E-state index contributed by atoms with van der Waals surface area (Å²) in [5.41, 5.74) is 2.74. The molecule has 4 rings (SSSR count). The van der Waals surface area contributed by atoms with Gasteiger partial charge in [-0.3, -0.25) is 4.79 Å². The highest BCUT2D eigenvalue weighted by molar-refractivity contribution is 5.94. The van der Waals surface area contributed by atoms with E-state index in [9.17, 15) is 4.79 Å². The number of benzene rings is 1. The number of carbonyl (C=O) groups excluding carboxylic acids is 1. The molecule has 0 saturated carbocycles. The summed E-state index contributed by atoms with van der Waals surface area (Å²) in [5, 5.41) is 4.39. The Morgan fingerprint density at radius 2 is 2.00 bits per heavy atom. The molecule has 1 amide bonds. The number of piperidine rings is 1. The zero-order valence-electron chi connectivity index (χ0n) is 15.2. The van der Waals surface area contributed by atoms with E-state index in [1.54, 1.807) is 6.20 Å². The number of anilines is 1. The number of aromatic nitrogens is 3. The lowest BCUT2D eigenvalue weighted by Gasteiger charge is -2.33. The zero-order chi connectivity index (χ0) is 18.1. The molecule has 6 nitrogen and oxygen atoms in total. The molecule has 6 heteroatoms. The predicted octanol–water partition coefficient (Wildman–Crippen LogP) is 2.82. The molecule has 0 bridgehead atoms. The van der Waals surface area contributed by atoms with Crippen LogP contribution in [0.15, 0.2) is 48.8 Å². The molecule has 2 aromatic heterocycles. The average molecular weight is 349 g/mol. The minimum Gasteiger partial charge on any atom is -0.361 e. The van der Waals surface area contributed by atoms with E-state index in [4.69, 9.17) is 4.98 Å². The predicted molar refractivity (Wildman–Crippen MR) is 102 cm³/mol. The quantitative estimate of drug-likeness (QED) is 0.730. The minimum absolute atomic E-state index is 0.100. The molecule has 1 atom stereocenters. The fraction of sp³-hybridized carbons (Fsp3) is 0.350. The maximum absolute atomic E-state index is 12.8. The molecule has 0 radical (unpaired) electrons. The van der Waals surface area contributed by atoms with E-state index in [1.807, 2.05) is 71.0 Å². The van der Waals surface area contributed by atoms with Crippen LogP contribution in [0.1, 0.15) is 34.8 Å². The van der Waals surface area contributed by atoms with Crippen LogP contribution in [0.4, 0.5) is 5.82 Å². The van der Waals surface area contributed by atoms with Gasteiger partial charge in [-0.1, -0.05) is 18.2 Å². The Morgan fingerprint density at radius 3 is 2.77 bits per heavy atom. The van der Waals surface area contributed by atoms with E-state index < -0.39 is 0 Å². The van der Waals surface area contributed by atoms with Gasteiger partial charge in [0.2, 0.25) is 0 Å². The van der Waals surface area contributed by atoms with E-state index in [2.05, 4.69) is 5.10 Å². The maximum Gasteiger partial charge on any atom is 0.253 e. The molecule has 0 N–H and O–H groups in total. The van der Waals surface area contributed by atoms with E-state index in [1.165, 1.54) is 0 Å². The van der Waals surface area contributed by atoms with E-state index in [0.29, 0.717) is 6.54 Å². The largest absolute Gasteiger partial charge is 0.361 e. The standard InChI is InChI=1S/C20H23N5O/c1-23(2)19-18-10-11-21-25(18)14-17(22-19)16-9-6-12-24(13-16)20(26)15-7-4-3-5-8-15/h3-5,7-8,10-11,14,16H,6,9,12-13H2,1-2H3/t16-/m1/s1. The van der Waals surface area contributed by atoms with Crippen molar-refractivity contribution in [1.29, 1.82) is 0 Å². The monoisotopic (exact) mass is 349 g/mol. The summed E-state index contributed by atoms with van der Waals surface area (Å²) in [6.07, 6.45) is 5.81. The highest BCUT2D eigenvalue weighted by atomic mass is 16.2. The van der Waals surface area contributed by atoms with Crippen molar-refractivity contribution in [3.05, 3.63) is 60.0 Å². The summed E-state index contributed by atoms with van der Waals surface area (Å²) in [4.78, 5) is 21.7. The summed E-state index contributed by atoms with van der Waals surface area (Å²) in [5.74, 6) is 1.23. The molecular weight excluding hydrogens is 326 g/mol. The lowest BCUT2D eigenvalue weighted by atomic mass is 9.94. The Labute approximate surface area is 153 Å². The van der Waals surface area contributed by atoms with Gasteiger partial charge >= 0.3 is 0 Å². The highest BCUT2D eigenvalue weighted by Gasteiger charge is 2.27. The number of hydrogen-bond donors (Lipinski definition) is 0. The Hall–Kier alpha value is -2.89.